The van der Waals surface area contributed by atoms with Gasteiger partial charge in [-0.2, -0.15) is 0 Å². The zero-order chi connectivity index (χ0) is 21.3. The summed E-state index contributed by atoms with van der Waals surface area (Å²) in [6.07, 6.45) is 2.66. The van der Waals surface area contributed by atoms with Gasteiger partial charge >= 0.3 is 11.9 Å². The number of anilines is 1. The standard InChI is InChI=1S/C20H18N2O5S3/c1-10-16(30-17(21-10)13-7-4-8-28-13)20(25)27-9-14(23)22-18-15(19(24)26-2)11-5-3-6-12(11)29-18/h4,7-8H,3,5-6,9H2,1-2H3,(H,22,23). The first-order chi connectivity index (χ1) is 14.5. The fraction of sp³-hybridized carbons (Fsp3) is 0.300. The van der Waals surface area contributed by atoms with Crippen molar-refractivity contribution in [3.63, 3.8) is 0 Å². The molecule has 0 atom stereocenters. The first-order valence-corrected chi connectivity index (χ1v) is 11.7. The average molecular weight is 463 g/mol. The van der Waals surface area contributed by atoms with Crippen molar-refractivity contribution in [3.8, 4) is 9.88 Å². The molecule has 0 saturated carbocycles. The van der Waals surface area contributed by atoms with Gasteiger partial charge in [0.2, 0.25) is 0 Å². The highest BCUT2D eigenvalue weighted by Gasteiger charge is 2.28. The van der Waals surface area contributed by atoms with Crippen LogP contribution in [0, 0.1) is 6.92 Å². The molecule has 1 aliphatic carbocycles. The molecule has 0 aromatic carbocycles. The van der Waals surface area contributed by atoms with E-state index in [2.05, 4.69) is 10.3 Å². The fourth-order valence-corrected chi connectivity index (χ4v) is 6.31. The highest BCUT2D eigenvalue weighted by atomic mass is 32.1. The van der Waals surface area contributed by atoms with Crippen LogP contribution in [0.1, 0.15) is 42.6 Å². The number of thiophene rings is 2. The Hall–Kier alpha value is -2.56. The van der Waals surface area contributed by atoms with Gasteiger partial charge in [0.1, 0.15) is 14.9 Å². The maximum absolute atomic E-state index is 12.4. The number of carbonyl (C=O) groups is 3. The Labute approximate surface area is 184 Å². The number of hydrogen-bond donors (Lipinski definition) is 1. The molecule has 1 aliphatic rings. The van der Waals surface area contributed by atoms with E-state index in [0.717, 1.165) is 39.6 Å². The van der Waals surface area contributed by atoms with Crippen LogP contribution in [0.4, 0.5) is 5.00 Å². The van der Waals surface area contributed by atoms with Gasteiger partial charge in [-0.05, 0) is 43.2 Å². The number of hydrogen-bond acceptors (Lipinski definition) is 9. The Kier molecular flexibility index (Phi) is 5.98. The van der Waals surface area contributed by atoms with Crippen LogP contribution < -0.4 is 5.32 Å². The lowest BCUT2D eigenvalue weighted by Gasteiger charge is -2.07. The van der Waals surface area contributed by atoms with Gasteiger partial charge < -0.3 is 14.8 Å². The first kappa shape index (κ1) is 20.7. The van der Waals surface area contributed by atoms with Gasteiger partial charge in [-0.3, -0.25) is 4.79 Å². The van der Waals surface area contributed by atoms with E-state index in [1.54, 1.807) is 6.92 Å². The van der Waals surface area contributed by atoms with Crippen LogP contribution >= 0.6 is 34.0 Å². The zero-order valence-electron chi connectivity index (χ0n) is 16.3. The molecule has 3 heterocycles. The van der Waals surface area contributed by atoms with Crippen molar-refractivity contribution in [3.05, 3.63) is 44.1 Å². The van der Waals surface area contributed by atoms with E-state index in [0.29, 0.717) is 21.1 Å². The molecule has 156 valence electrons. The van der Waals surface area contributed by atoms with Crippen LogP contribution in [-0.2, 0) is 27.1 Å². The summed E-state index contributed by atoms with van der Waals surface area (Å²) in [4.78, 5) is 43.8. The third-order valence-corrected chi connectivity index (χ3v) is 8.00. The second kappa shape index (κ2) is 8.66. The number of carbonyl (C=O) groups excluding carboxylic acids is 3. The number of methoxy groups -OCH3 is 1. The number of ether oxygens (including phenoxy) is 2. The molecule has 3 aromatic heterocycles. The third-order valence-electron chi connectivity index (χ3n) is 4.61. The van der Waals surface area contributed by atoms with Gasteiger partial charge in [-0.1, -0.05) is 6.07 Å². The molecular formula is C20H18N2O5S3. The van der Waals surface area contributed by atoms with Crippen LogP contribution in [0.15, 0.2) is 17.5 Å². The molecule has 0 fully saturated rings. The second-order valence-electron chi connectivity index (χ2n) is 6.59. The summed E-state index contributed by atoms with van der Waals surface area (Å²) in [5.74, 6) is -1.57. The van der Waals surface area contributed by atoms with Crippen molar-refractivity contribution in [2.45, 2.75) is 26.2 Å². The van der Waals surface area contributed by atoms with Gasteiger partial charge in [0, 0.05) is 4.88 Å². The Balaban J connectivity index is 1.41. The molecular weight excluding hydrogens is 444 g/mol. The Morgan fingerprint density at radius 3 is 2.77 bits per heavy atom. The lowest BCUT2D eigenvalue weighted by molar-refractivity contribution is -0.119. The summed E-state index contributed by atoms with van der Waals surface area (Å²) in [6, 6.07) is 3.85. The lowest BCUT2D eigenvalue weighted by Crippen LogP contribution is -2.21. The predicted octanol–water partition coefficient (Wildman–Crippen LogP) is 4.31. The van der Waals surface area contributed by atoms with Crippen LogP contribution in [-0.4, -0.2) is 36.5 Å². The van der Waals surface area contributed by atoms with E-state index in [-0.39, 0.29) is 0 Å². The van der Waals surface area contributed by atoms with Crippen molar-refractivity contribution >= 4 is 56.9 Å². The maximum Gasteiger partial charge on any atom is 0.350 e. The van der Waals surface area contributed by atoms with Gasteiger partial charge in [0.05, 0.1) is 23.2 Å². The molecule has 0 spiro atoms. The average Bonchev–Trinajstić information content (AvgIpc) is 3.49. The summed E-state index contributed by atoms with van der Waals surface area (Å²) >= 11 is 4.16. The summed E-state index contributed by atoms with van der Waals surface area (Å²) in [6.45, 7) is 1.29. The molecule has 4 rings (SSSR count). The highest BCUT2D eigenvalue weighted by molar-refractivity contribution is 7.22. The molecule has 3 aromatic rings. The highest BCUT2D eigenvalue weighted by Crippen LogP contribution is 2.39. The zero-order valence-corrected chi connectivity index (χ0v) is 18.7. The van der Waals surface area contributed by atoms with Crippen LogP contribution in [0.5, 0.6) is 0 Å². The van der Waals surface area contributed by atoms with Crippen molar-refractivity contribution in [2.24, 2.45) is 0 Å². The van der Waals surface area contributed by atoms with E-state index >= 15 is 0 Å². The third kappa shape index (κ3) is 4.03. The number of nitrogens with zero attached hydrogens (tertiary/aromatic N) is 1. The summed E-state index contributed by atoms with van der Waals surface area (Å²) < 4.78 is 10.1. The molecule has 0 aliphatic heterocycles. The quantitative estimate of drug-likeness (QED) is 0.549. The number of nitrogens with one attached hydrogen (secondary N) is 1. The smallest absolute Gasteiger partial charge is 0.350 e. The van der Waals surface area contributed by atoms with Gasteiger partial charge in [0.25, 0.3) is 5.91 Å². The molecule has 10 heteroatoms. The molecule has 1 amide bonds. The minimum absolute atomic E-state index is 0.372. The number of rotatable bonds is 6. The van der Waals surface area contributed by atoms with Crippen molar-refractivity contribution in [1.29, 1.82) is 0 Å². The Bertz CT molecular complexity index is 1110. The molecule has 0 saturated heterocycles. The Morgan fingerprint density at radius 1 is 1.20 bits per heavy atom. The molecule has 0 unspecified atom stereocenters. The SMILES string of the molecule is COC(=O)c1c(NC(=O)COC(=O)c2sc(-c3cccs3)nc2C)sc2c1CCC2. The summed E-state index contributed by atoms with van der Waals surface area (Å²) in [5, 5.41) is 5.83. The van der Waals surface area contributed by atoms with Gasteiger partial charge in [-0.15, -0.1) is 34.0 Å². The predicted molar refractivity (Wildman–Crippen MR) is 117 cm³/mol. The summed E-state index contributed by atoms with van der Waals surface area (Å²) in [5.41, 5.74) is 1.92. The van der Waals surface area contributed by atoms with Crippen LogP contribution in [0.3, 0.4) is 0 Å². The molecule has 1 N–H and O–H groups in total. The van der Waals surface area contributed by atoms with Gasteiger partial charge in [-0.25, -0.2) is 14.6 Å². The van der Waals surface area contributed by atoms with Crippen LogP contribution in [0.2, 0.25) is 0 Å². The summed E-state index contributed by atoms with van der Waals surface area (Å²) in [7, 11) is 1.32. The fourth-order valence-electron chi connectivity index (χ4n) is 3.26. The van der Waals surface area contributed by atoms with Gasteiger partial charge in [0.15, 0.2) is 6.61 Å². The normalized spacial score (nSPS) is 12.5. The maximum atomic E-state index is 12.4. The van der Waals surface area contributed by atoms with Crippen LogP contribution in [0.25, 0.3) is 9.88 Å². The monoisotopic (exact) mass is 462 g/mol. The largest absolute Gasteiger partial charge is 0.465 e. The van der Waals surface area contributed by atoms with Crippen molar-refractivity contribution in [1.82, 2.24) is 4.98 Å². The number of thiazole rings is 1. The first-order valence-electron chi connectivity index (χ1n) is 9.19. The molecule has 7 nitrogen and oxygen atoms in total. The van der Waals surface area contributed by atoms with E-state index in [4.69, 9.17) is 9.47 Å². The molecule has 0 bridgehead atoms. The Morgan fingerprint density at radius 2 is 2.03 bits per heavy atom. The second-order valence-corrected chi connectivity index (χ2v) is 9.64. The molecule has 0 radical (unpaired) electrons. The lowest BCUT2D eigenvalue weighted by atomic mass is 10.1. The van der Waals surface area contributed by atoms with Crippen molar-refractivity contribution in [2.75, 3.05) is 19.0 Å². The minimum atomic E-state index is -0.593. The topological polar surface area (TPSA) is 94.6 Å². The molecule has 30 heavy (non-hydrogen) atoms. The minimum Gasteiger partial charge on any atom is -0.465 e. The van der Waals surface area contributed by atoms with E-state index in [1.165, 1.54) is 41.1 Å². The van der Waals surface area contributed by atoms with E-state index in [9.17, 15) is 14.4 Å². The van der Waals surface area contributed by atoms with Crippen molar-refractivity contribution < 1.29 is 23.9 Å². The number of aromatic nitrogens is 1. The van der Waals surface area contributed by atoms with E-state index in [1.807, 2.05) is 17.5 Å². The number of aryl methyl sites for hydroxylation is 2. The number of esters is 2. The number of amides is 1. The van der Waals surface area contributed by atoms with E-state index < -0.39 is 24.5 Å². The number of fused-ring (bicyclic) bond motifs is 1.